The molecule has 0 aliphatic carbocycles. The standard InChI is InChI=1S/C14H22N4O2/c1-4-5-17(12-7-15-8-12)9-13-11(3)14(18(19)20)10(2)6-16-13/h6,12,15H,4-5,7-9H2,1-3H3. The lowest BCUT2D eigenvalue weighted by Crippen LogP contribution is -2.57. The Kier molecular flexibility index (Phi) is 4.67. The second-order valence-electron chi connectivity index (χ2n) is 5.40. The first-order valence-electron chi connectivity index (χ1n) is 7.08. The Morgan fingerprint density at radius 1 is 1.50 bits per heavy atom. The number of rotatable bonds is 6. The number of nitrogens with one attached hydrogen (secondary N) is 1. The summed E-state index contributed by atoms with van der Waals surface area (Å²) in [5, 5.41) is 14.4. The van der Waals surface area contributed by atoms with Gasteiger partial charge in [-0.1, -0.05) is 6.92 Å². The van der Waals surface area contributed by atoms with Crippen LogP contribution in [0.1, 0.15) is 30.2 Å². The minimum atomic E-state index is -0.301. The van der Waals surface area contributed by atoms with Crippen LogP contribution < -0.4 is 5.32 Å². The Hall–Kier alpha value is -1.53. The second-order valence-corrected chi connectivity index (χ2v) is 5.40. The number of aryl methyl sites for hydroxylation is 1. The molecule has 1 aliphatic heterocycles. The average Bonchev–Trinajstić information content (AvgIpc) is 2.30. The molecule has 2 heterocycles. The van der Waals surface area contributed by atoms with Crippen molar-refractivity contribution >= 4 is 5.69 Å². The summed E-state index contributed by atoms with van der Waals surface area (Å²) in [7, 11) is 0. The van der Waals surface area contributed by atoms with E-state index in [4.69, 9.17) is 0 Å². The third-order valence-electron chi connectivity index (χ3n) is 3.90. The molecule has 0 amide bonds. The number of hydrogen-bond donors (Lipinski definition) is 1. The molecule has 1 fully saturated rings. The number of nitro groups is 1. The maximum absolute atomic E-state index is 11.2. The normalized spacial score (nSPS) is 15.4. The van der Waals surface area contributed by atoms with Gasteiger partial charge >= 0.3 is 0 Å². The predicted molar refractivity (Wildman–Crippen MR) is 77.7 cm³/mol. The van der Waals surface area contributed by atoms with Crippen molar-refractivity contribution in [1.82, 2.24) is 15.2 Å². The number of hydrogen-bond acceptors (Lipinski definition) is 5. The van der Waals surface area contributed by atoms with E-state index < -0.39 is 0 Å². The summed E-state index contributed by atoms with van der Waals surface area (Å²) in [6.07, 6.45) is 2.69. The molecule has 0 atom stereocenters. The monoisotopic (exact) mass is 278 g/mol. The molecule has 0 spiro atoms. The molecule has 1 N–H and O–H groups in total. The molecule has 2 rings (SSSR count). The van der Waals surface area contributed by atoms with Crippen LogP contribution in [0.4, 0.5) is 5.69 Å². The molecule has 0 radical (unpaired) electrons. The maximum atomic E-state index is 11.2. The van der Waals surface area contributed by atoms with Gasteiger partial charge in [-0.2, -0.15) is 0 Å². The fraction of sp³-hybridized carbons (Fsp3) is 0.643. The van der Waals surface area contributed by atoms with Crippen LogP contribution in [0.3, 0.4) is 0 Å². The van der Waals surface area contributed by atoms with Gasteiger partial charge in [0.25, 0.3) is 5.69 Å². The topological polar surface area (TPSA) is 71.3 Å². The molecule has 6 nitrogen and oxygen atoms in total. The van der Waals surface area contributed by atoms with E-state index in [0.29, 0.717) is 23.7 Å². The third-order valence-corrected chi connectivity index (χ3v) is 3.90. The molecule has 1 saturated heterocycles. The molecule has 1 aromatic heterocycles. The fourth-order valence-corrected chi connectivity index (χ4v) is 2.61. The van der Waals surface area contributed by atoms with Crippen LogP contribution in [-0.4, -0.2) is 40.5 Å². The summed E-state index contributed by atoms with van der Waals surface area (Å²) in [5.41, 5.74) is 2.35. The molecule has 0 bridgehead atoms. The first-order chi connectivity index (χ1) is 9.54. The fourth-order valence-electron chi connectivity index (χ4n) is 2.61. The van der Waals surface area contributed by atoms with Gasteiger partial charge in [0.2, 0.25) is 0 Å². The van der Waals surface area contributed by atoms with Gasteiger partial charge < -0.3 is 5.32 Å². The first kappa shape index (κ1) is 14.9. The zero-order valence-corrected chi connectivity index (χ0v) is 12.3. The lowest BCUT2D eigenvalue weighted by atomic mass is 10.1. The predicted octanol–water partition coefficient (Wildman–Crippen LogP) is 1.79. The smallest absolute Gasteiger partial charge is 0.278 e. The maximum Gasteiger partial charge on any atom is 0.278 e. The molecule has 1 aliphatic rings. The van der Waals surface area contributed by atoms with Crippen LogP contribution in [-0.2, 0) is 6.54 Å². The number of pyridine rings is 1. The van der Waals surface area contributed by atoms with E-state index in [1.807, 2.05) is 0 Å². The lowest BCUT2D eigenvalue weighted by Gasteiger charge is -2.38. The van der Waals surface area contributed by atoms with Crippen LogP contribution >= 0.6 is 0 Å². The van der Waals surface area contributed by atoms with Gasteiger partial charge in [-0.15, -0.1) is 0 Å². The Morgan fingerprint density at radius 2 is 2.20 bits per heavy atom. The molecular weight excluding hydrogens is 256 g/mol. The minimum absolute atomic E-state index is 0.207. The molecule has 110 valence electrons. The van der Waals surface area contributed by atoms with Crippen LogP contribution in [0.25, 0.3) is 0 Å². The summed E-state index contributed by atoms with van der Waals surface area (Å²) >= 11 is 0. The van der Waals surface area contributed by atoms with Crippen molar-refractivity contribution in [3.05, 3.63) is 33.1 Å². The lowest BCUT2D eigenvalue weighted by molar-refractivity contribution is -0.386. The molecule has 0 aromatic carbocycles. The first-order valence-corrected chi connectivity index (χ1v) is 7.08. The van der Waals surface area contributed by atoms with Crippen LogP contribution in [0.15, 0.2) is 6.20 Å². The van der Waals surface area contributed by atoms with Crippen LogP contribution in [0, 0.1) is 24.0 Å². The Morgan fingerprint density at radius 3 is 2.70 bits per heavy atom. The van der Waals surface area contributed by atoms with Crippen molar-refractivity contribution in [3.63, 3.8) is 0 Å². The molecule has 0 saturated carbocycles. The van der Waals surface area contributed by atoms with Gasteiger partial charge in [0.05, 0.1) is 10.6 Å². The van der Waals surface area contributed by atoms with Crippen molar-refractivity contribution in [3.8, 4) is 0 Å². The van der Waals surface area contributed by atoms with Gasteiger partial charge in [-0.25, -0.2) is 0 Å². The highest BCUT2D eigenvalue weighted by Crippen LogP contribution is 2.25. The molecule has 0 unspecified atom stereocenters. The number of nitrogens with zero attached hydrogens (tertiary/aromatic N) is 3. The highest BCUT2D eigenvalue weighted by atomic mass is 16.6. The van der Waals surface area contributed by atoms with Gasteiger partial charge in [0.15, 0.2) is 0 Å². The van der Waals surface area contributed by atoms with E-state index in [2.05, 4.69) is 22.1 Å². The summed E-state index contributed by atoms with van der Waals surface area (Å²) in [4.78, 5) is 17.6. The quantitative estimate of drug-likeness (QED) is 0.634. The summed E-state index contributed by atoms with van der Waals surface area (Å²) in [6, 6.07) is 0.525. The van der Waals surface area contributed by atoms with Crippen molar-refractivity contribution in [2.45, 2.75) is 39.8 Å². The van der Waals surface area contributed by atoms with E-state index in [0.717, 1.165) is 31.7 Å². The van der Waals surface area contributed by atoms with Crippen molar-refractivity contribution in [1.29, 1.82) is 0 Å². The minimum Gasteiger partial charge on any atom is -0.314 e. The zero-order valence-electron chi connectivity index (χ0n) is 12.3. The Bertz CT molecular complexity index is 500. The van der Waals surface area contributed by atoms with E-state index in [1.165, 1.54) is 0 Å². The zero-order chi connectivity index (χ0) is 14.7. The van der Waals surface area contributed by atoms with Gasteiger partial charge in [-0.05, 0) is 26.8 Å². The van der Waals surface area contributed by atoms with Crippen molar-refractivity contribution in [2.24, 2.45) is 0 Å². The highest BCUT2D eigenvalue weighted by Gasteiger charge is 2.26. The van der Waals surface area contributed by atoms with Gasteiger partial charge in [-0.3, -0.25) is 20.0 Å². The van der Waals surface area contributed by atoms with Crippen LogP contribution in [0.2, 0.25) is 0 Å². The molecule has 20 heavy (non-hydrogen) atoms. The third kappa shape index (κ3) is 2.96. The van der Waals surface area contributed by atoms with Crippen LogP contribution in [0.5, 0.6) is 0 Å². The molecule has 6 heteroatoms. The summed E-state index contributed by atoms with van der Waals surface area (Å²) in [6.45, 7) is 9.36. The van der Waals surface area contributed by atoms with Crippen molar-refractivity contribution < 1.29 is 4.92 Å². The average molecular weight is 278 g/mol. The molecular formula is C14H22N4O2. The number of aromatic nitrogens is 1. The largest absolute Gasteiger partial charge is 0.314 e. The van der Waals surface area contributed by atoms with Crippen molar-refractivity contribution in [2.75, 3.05) is 19.6 Å². The second kappa shape index (κ2) is 6.28. The van der Waals surface area contributed by atoms with E-state index in [9.17, 15) is 10.1 Å². The summed E-state index contributed by atoms with van der Waals surface area (Å²) < 4.78 is 0. The van der Waals surface area contributed by atoms with E-state index >= 15 is 0 Å². The Balaban J connectivity index is 2.23. The molecule has 1 aromatic rings. The Labute approximate surface area is 119 Å². The van der Waals surface area contributed by atoms with E-state index in [1.54, 1.807) is 20.0 Å². The summed E-state index contributed by atoms with van der Waals surface area (Å²) in [5.74, 6) is 0. The highest BCUT2D eigenvalue weighted by molar-refractivity contribution is 5.47. The van der Waals surface area contributed by atoms with E-state index in [-0.39, 0.29) is 10.6 Å². The SMILES string of the molecule is CCCN(Cc1ncc(C)c([N+](=O)[O-])c1C)C1CNC1. The van der Waals surface area contributed by atoms with Gasteiger partial charge in [0, 0.05) is 43.0 Å². The van der Waals surface area contributed by atoms with Gasteiger partial charge in [0.1, 0.15) is 0 Å².